The number of amides is 1. The average Bonchev–Trinajstić information content (AvgIpc) is 2.83. The molecular formula is C24H32FN5O. The van der Waals surface area contributed by atoms with Crippen LogP contribution in [0.1, 0.15) is 19.3 Å². The molecule has 1 aromatic heterocycles. The summed E-state index contributed by atoms with van der Waals surface area (Å²) in [4.78, 5) is 23.4. The predicted molar refractivity (Wildman–Crippen MR) is 122 cm³/mol. The van der Waals surface area contributed by atoms with Crippen LogP contribution in [0.25, 0.3) is 0 Å². The molecule has 2 saturated heterocycles. The molecule has 166 valence electrons. The second kappa shape index (κ2) is 10.6. The SMILES string of the molecule is O=C(NCCCN1CCN(c2ccccc2F)CC1)C1CCN(c2ccncc2)CC1. The fourth-order valence-corrected chi connectivity index (χ4v) is 4.53. The van der Waals surface area contributed by atoms with Crippen LogP contribution in [0.4, 0.5) is 15.8 Å². The second-order valence-corrected chi connectivity index (χ2v) is 8.39. The first-order valence-electron chi connectivity index (χ1n) is 11.4. The molecule has 2 aliphatic rings. The Morgan fingerprint density at radius 2 is 1.68 bits per heavy atom. The molecule has 2 aliphatic heterocycles. The maximum atomic E-state index is 14.0. The number of rotatable bonds is 7. The minimum Gasteiger partial charge on any atom is -0.371 e. The van der Waals surface area contributed by atoms with Crippen molar-refractivity contribution in [3.8, 4) is 0 Å². The first-order chi connectivity index (χ1) is 15.2. The summed E-state index contributed by atoms with van der Waals surface area (Å²) < 4.78 is 14.0. The highest BCUT2D eigenvalue weighted by Gasteiger charge is 2.25. The Morgan fingerprint density at radius 3 is 2.39 bits per heavy atom. The van der Waals surface area contributed by atoms with Gasteiger partial charge in [-0.15, -0.1) is 0 Å². The number of carbonyl (C=O) groups is 1. The van der Waals surface area contributed by atoms with Gasteiger partial charge in [0.15, 0.2) is 0 Å². The zero-order chi connectivity index (χ0) is 21.5. The van der Waals surface area contributed by atoms with Crippen molar-refractivity contribution in [2.45, 2.75) is 19.3 Å². The number of hydrogen-bond donors (Lipinski definition) is 1. The van der Waals surface area contributed by atoms with Crippen LogP contribution in [0.5, 0.6) is 0 Å². The monoisotopic (exact) mass is 425 g/mol. The van der Waals surface area contributed by atoms with Crippen LogP contribution in [0.15, 0.2) is 48.8 Å². The Morgan fingerprint density at radius 1 is 0.968 bits per heavy atom. The molecule has 31 heavy (non-hydrogen) atoms. The van der Waals surface area contributed by atoms with E-state index in [2.05, 4.69) is 25.0 Å². The maximum absolute atomic E-state index is 14.0. The molecule has 4 rings (SSSR count). The molecule has 0 saturated carbocycles. The van der Waals surface area contributed by atoms with E-state index >= 15 is 0 Å². The summed E-state index contributed by atoms with van der Waals surface area (Å²) in [7, 11) is 0. The summed E-state index contributed by atoms with van der Waals surface area (Å²) in [6.07, 6.45) is 6.36. The Bertz CT molecular complexity index is 833. The van der Waals surface area contributed by atoms with Crippen LogP contribution < -0.4 is 15.1 Å². The highest BCUT2D eigenvalue weighted by atomic mass is 19.1. The van der Waals surface area contributed by atoms with Gasteiger partial charge in [-0.05, 0) is 50.1 Å². The standard InChI is InChI=1S/C24H32FN5O/c25-22-4-1-2-5-23(22)30-18-16-28(17-19-30)13-3-10-27-24(31)20-8-14-29(15-9-20)21-6-11-26-12-7-21/h1-2,4-7,11-12,20H,3,8-10,13-19H2,(H,27,31). The van der Waals surface area contributed by atoms with Crippen molar-refractivity contribution in [1.29, 1.82) is 0 Å². The summed E-state index contributed by atoms with van der Waals surface area (Å²) in [5.74, 6) is 0.159. The van der Waals surface area contributed by atoms with Gasteiger partial charge in [-0.2, -0.15) is 0 Å². The van der Waals surface area contributed by atoms with Gasteiger partial charge in [-0.1, -0.05) is 12.1 Å². The van der Waals surface area contributed by atoms with E-state index in [1.807, 2.05) is 36.7 Å². The number of aromatic nitrogens is 1. The average molecular weight is 426 g/mol. The molecule has 0 radical (unpaired) electrons. The lowest BCUT2D eigenvalue weighted by molar-refractivity contribution is -0.125. The topological polar surface area (TPSA) is 51.7 Å². The van der Waals surface area contributed by atoms with Crippen molar-refractivity contribution in [1.82, 2.24) is 15.2 Å². The lowest BCUT2D eigenvalue weighted by Gasteiger charge is -2.36. The summed E-state index contributed by atoms with van der Waals surface area (Å²) in [6.45, 7) is 7.03. The number of anilines is 2. The zero-order valence-electron chi connectivity index (χ0n) is 18.0. The third-order valence-corrected chi connectivity index (χ3v) is 6.41. The number of piperazine rings is 1. The summed E-state index contributed by atoms with van der Waals surface area (Å²) in [6, 6.07) is 11.0. The minimum absolute atomic E-state index is 0.113. The van der Waals surface area contributed by atoms with Gasteiger partial charge in [0.25, 0.3) is 0 Å². The van der Waals surface area contributed by atoms with E-state index in [1.165, 1.54) is 11.8 Å². The normalized spacial score (nSPS) is 18.2. The van der Waals surface area contributed by atoms with Crippen molar-refractivity contribution in [2.75, 3.05) is 62.2 Å². The van der Waals surface area contributed by atoms with Gasteiger partial charge < -0.3 is 15.1 Å². The number of para-hydroxylation sites is 1. The quantitative estimate of drug-likeness (QED) is 0.692. The highest BCUT2D eigenvalue weighted by Crippen LogP contribution is 2.23. The van der Waals surface area contributed by atoms with Gasteiger partial charge in [0.05, 0.1) is 5.69 Å². The number of nitrogens with one attached hydrogen (secondary N) is 1. The number of pyridine rings is 1. The largest absolute Gasteiger partial charge is 0.371 e. The molecular weight excluding hydrogens is 393 g/mol. The highest BCUT2D eigenvalue weighted by molar-refractivity contribution is 5.79. The Balaban J connectivity index is 1.11. The molecule has 0 bridgehead atoms. The molecule has 1 amide bonds. The number of carbonyl (C=O) groups excluding carboxylic acids is 1. The molecule has 0 spiro atoms. The van der Waals surface area contributed by atoms with Crippen molar-refractivity contribution < 1.29 is 9.18 Å². The van der Waals surface area contributed by atoms with E-state index in [1.54, 1.807) is 6.07 Å². The van der Waals surface area contributed by atoms with Gasteiger partial charge in [0.2, 0.25) is 5.91 Å². The maximum Gasteiger partial charge on any atom is 0.223 e. The molecule has 0 unspecified atom stereocenters. The van der Waals surface area contributed by atoms with Crippen molar-refractivity contribution in [2.24, 2.45) is 5.92 Å². The van der Waals surface area contributed by atoms with E-state index in [9.17, 15) is 9.18 Å². The smallest absolute Gasteiger partial charge is 0.223 e. The molecule has 1 aromatic carbocycles. The molecule has 2 aromatic rings. The van der Waals surface area contributed by atoms with Crippen molar-refractivity contribution in [3.05, 3.63) is 54.6 Å². The summed E-state index contributed by atoms with van der Waals surface area (Å²) in [5.41, 5.74) is 1.88. The van der Waals surface area contributed by atoms with Gasteiger partial charge in [-0.25, -0.2) is 4.39 Å². The van der Waals surface area contributed by atoms with E-state index in [0.717, 1.165) is 71.6 Å². The Kier molecular flexibility index (Phi) is 7.35. The fourth-order valence-electron chi connectivity index (χ4n) is 4.53. The molecule has 0 aliphatic carbocycles. The van der Waals surface area contributed by atoms with Crippen LogP contribution in [0.2, 0.25) is 0 Å². The minimum atomic E-state index is -0.148. The number of piperidine rings is 1. The fraction of sp³-hybridized carbons (Fsp3) is 0.500. The van der Waals surface area contributed by atoms with E-state index in [0.29, 0.717) is 5.69 Å². The lowest BCUT2D eigenvalue weighted by Crippen LogP contribution is -2.47. The second-order valence-electron chi connectivity index (χ2n) is 8.39. The van der Waals surface area contributed by atoms with Gasteiger partial charge in [0, 0.05) is 69.8 Å². The van der Waals surface area contributed by atoms with Gasteiger partial charge in [0.1, 0.15) is 5.82 Å². The van der Waals surface area contributed by atoms with E-state index in [-0.39, 0.29) is 17.6 Å². The molecule has 6 nitrogen and oxygen atoms in total. The summed E-state index contributed by atoms with van der Waals surface area (Å²) >= 11 is 0. The molecule has 7 heteroatoms. The van der Waals surface area contributed by atoms with Crippen LogP contribution in [0, 0.1) is 11.7 Å². The van der Waals surface area contributed by atoms with Crippen LogP contribution in [-0.2, 0) is 4.79 Å². The molecule has 1 N–H and O–H groups in total. The number of halogens is 1. The summed E-state index contributed by atoms with van der Waals surface area (Å²) in [5, 5.41) is 3.13. The third-order valence-electron chi connectivity index (χ3n) is 6.41. The Labute approximate surface area is 184 Å². The van der Waals surface area contributed by atoms with Crippen molar-refractivity contribution >= 4 is 17.3 Å². The Hall–Kier alpha value is -2.67. The first-order valence-corrected chi connectivity index (χ1v) is 11.4. The van der Waals surface area contributed by atoms with E-state index < -0.39 is 0 Å². The molecule has 3 heterocycles. The molecule has 2 fully saturated rings. The zero-order valence-corrected chi connectivity index (χ0v) is 18.0. The number of nitrogens with zero attached hydrogens (tertiary/aromatic N) is 4. The number of hydrogen-bond acceptors (Lipinski definition) is 5. The lowest BCUT2D eigenvalue weighted by atomic mass is 9.95. The molecule has 0 atom stereocenters. The van der Waals surface area contributed by atoms with E-state index in [4.69, 9.17) is 0 Å². The van der Waals surface area contributed by atoms with Crippen molar-refractivity contribution in [3.63, 3.8) is 0 Å². The van der Waals surface area contributed by atoms with Crippen LogP contribution in [0.3, 0.4) is 0 Å². The predicted octanol–water partition coefficient (Wildman–Crippen LogP) is 2.77. The number of benzene rings is 1. The van der Waals surface area contributed by atoms with Gasteiger partial charge >= 0.3 is 0 Å². The van der Waals surface area contributed by atoms with Gasteiger partial charge in [-0.3, -0.25) is 14.7 Å². The first kappa shape index (κ1) is 21.6. The van der Waals surface area contributed by atoms with Crippen LogP contribution in [-0.4, -0.2) is 68.1 Å². The third kappa shape index (κ3) is 5.73. The van der Waals surface area contributed by atoms with Crippen LogP contribution >= 0.6 is 0 Å².